The standard InChI is InChI=1S/C13H26N2O/c1-12(2,9-10-14)8-5-11(16)15-13(3)6-4-7-13/h4-10,14H2,1-3H3,(H,15,16). The van der Waals surface area contributed by atoms with Gasteiger partial charge < -0.3 is 11.1 Å². The third kappa shape index (κ3) is 4.12. The van der Waals surface area contributed by atoms with Crippen LogP contribution in [0.2, 0.25) is 0 Å². The zero-order chi connectivity index (χ0) is 12.2. The third-order valence-electron chi connectivity index (χ3n) is 3.75. The molecule has 0 unspecified atom stereocenters. The van der Waals surface area contributed by atoms with Crippen molar-refractivity contribution in [1.29, 1.82) is 0 Å². The molecule has 0 aliphatic heterocycles. The van der Waals surface area contributed by atoms with E-state index in [0.717, 1.165) is 25.7 Å². The molecule has 1 rings (SSSR count). The Kier molecular flexibility index (Phi) is 4.36. The van der Waals surface area contributed by atoms with E-state index in [1.807, 2.05) is 0 Å². The predicted octanol–water partition coefficient (Wildman–Crippen LogP) is 2.20. The molecule has 0 spiro atoms. The van der Waals surface area contributed by atoms with Crippen LogP contribution in [0, 0.1) is 5.41 Å². The number of hydrogen-bond acceptors (Lipinski definition) is 2. The van der Waals surface area contributed by atoms with E-state index in [2.05, 4.69) is 26.1 Å². The molecule has 1 fully saturated rings. The summed E-state index contributed by atoms with van der Waals surface area (Å²) in [5.74, 6) is 0.201. The highest BCUT2D eigenvalue weighted by Crippen LogP contribution is 2.31. The van der Waals surface area contributed by atoms with Gasteiger partial charge in [-0.05, 0) is 51.0 Å². The van der Waals surface area contributed by atoms with E-state index < -0.39 is 0 Å². The first-order chi connectivity index (χ1) is 7.37. The number of carbonyl (C=O) groups is 1. The summed E-state index contributed by atoms with van der Waals surface area (Å²) >= 11 is 0. The molecule has 1 saturated carbocycles. The van der Waals surface area contributed by atoms with E-state index in [0.29, 0.717) is 13.0 Å². The second-order valence-corrected chi connectivity index (χ2v) is 6.17. The Morgan fingerprint density at radius 3 is 2.44 bits per heavy atom. The number of rotatable bonds is 6. The molecule has 0 radical (unpaired) electrons. The number of hydrogen-bond donors (Lipinski definition) is 2. The van der Waals surface area contributed by atoms with Crippen molar-refractivity contribution < 1.29 is 4.79 Å². The largest absolute Gasteiger partial charge is 0.351 e. The smallest absolute Gasteiger partial charge is 0.220 e. The van der Waals surface area contributed by atoms with Gasteiger partial charge in [0.15, 0.2) is 0 Å². The second kappa shape index (κ2) is 5.17. The van der Waals surface area contributed by atoms with Crippen LogP contribution in [-0.2, 0) is 4.79 Å². The van der Waals surface area contributed by atoms with Crippen LogP contribution >= 0.6 is 0 Å². The number of amides is 1. The van der Waals surface area contributed by atoms with Crippen LogP contribution in [0.3, 0.4) is 0 Å². The summed E-state index contributed by atoms with van der Waals surface area (Å²) in [5.41, 5.74) is 5.83. The summed E-state index contributed by atoms with van der Waals surface area (Å²) < 4.78 is 0. The van der Waals surface area contributed by atoms with E-state index in [9.17, 15) is 4.79 Å². The maximum absolute atomic E-state index is 11.8. The Bertz CT molecular complexity index is 244. The van der Waals surface area contributed by atoms with Gasteiger partial charge in [-0.15, -0.1) is 0 Å². The van der Waals surface area contributed by atoms with Gasteiger partial charge in [0.1, 0.15) is 0 Å². The Labute approximate surface area is 99.2 Å². The molecule has 0 saturated heterocycles. The highest BCUT2D eigenvalue weighted by atomic mass is 16.1. The van der Waals surface area contributed by atoms with Crippen LogP contribution in [0.1, 0.15) is 59.3 Å². The normalized spacial score (nSPS) is 19.0. The van der Waals surface area contributed by atoms with Crippen LogP contribution in [0.15, 0.2) is 0 Å². The summed E-state index contributed by atoms with van der Waals surface area (Å²) in [6, 6.07) is 0. The van der Waals surface area contributed by atoms with Crippen molar-refractivity contribution in [3.05, 3.63) is 0 Å². The van der Waals surface area contributed by atoms with Crippen molar-refractivity contribution in [3.8, 4) is 0 Å². The molecule has 0 atom stereocenters. The fourth-order valence-corrected chi connectivity index (χ4v) is 2.20. The molecule has 3 N–H and O–H groups in total. The molecule has 0 aromatic carbocycles. The van der Waals surface area contributed by atoms with Crippen LogP contribution in [-0.4, -0.2) is 18.0 Å². The highest BCUT2D eigenvalue weighted by molar-refractivity contribution is 5.76. The van der Waals surface area contributed by atoms with Gasteiger partial charge in [-0.1, -0.05) is 13.8 Å². The fraction of sp³-hybridized carbons (Fsp3) is 0.923. The first-order valence-corrected chi connectivity index (χ1v) is 6.38. The van der Waals surface area contributed by atoms with E-state index in [4.69, 9.17) is 5.73 Å². The Morgan fingerprint density at radius 1 is 1.38 bits per heavy atom. The van der Waals surface area contributed by atoms with Crippen molar-refractivity contribution in [2.24, 2.45) is 11.1 Å². The molecule has 0 heterocycles. The minimum atomic E-state index is 0.0924. The van der Waals surface area contributed by atoms with Crippen molar-refractivity contribution in [1.82, 2.24) is 5.32 Å². The van der Waals surface area contributed by atoms with Crippen LogP contribution in [0.5, 0.6) is 0 Å². The molecule has 3 heteroatoms. The molecule has 3 nitrogen and oxygen atoms in total. The first-order valence-electron chi connectivity index (χ1n) is 6.38. The lowest BCUT2D eigenvalue weighted by Crippen LogP contribution is -2.51. The maximum atomic E-state index is 11.8. The van der Waals surface area contributed by atoms with Crippen LogP contribution < -0.4 is 11.1 Å². The van der Waals surface area contributed by atoms with E-state index in [1.54, 1.807) is 0 Å². The molecule has 16 heavy (non-hydrogen) atoms. The highest BCUT2D eigenvalue weighted by Gasteiger charge is 2.33. The van der Waals surface area contributed by atoms with E-state index in [-0.39, 0.29) is 16.9 Å². The average molecular weight is 226 g/mol. The van der Waals surface area contributed by atoms with Gasteiger partial charge in [0.2, 0.25) is 5.91 Å². The number of nitrogens with two attached hydrogens (primary N) is 1. The van der Waals surface area contributed by atoms with Crippen LogP contribution in [0.25, 0.3) is 0 Å². The van der Waals surface area contributed by atoms with E-state index >= 15 is 0 Å². The number of carbonyl (C=O) groups excluding carboxylic acids is 1. The molecular formula is C13H26N2O. The van der Waals surface area contributed by atoms with Crippen molar-refractivity contribution >= 4 is 5.91 Å². The van der Waals surface area contributed by atoms with Crippen molar-refractivity contribution in [2.45, 2.75) is 64.8 Å². The Morgan fingerprint density at radius 2 is 2.00 bits per heavy atom. The van der Waals surface area contributed by atoms with Gasteiger partial charge in [-0.25, -0.2) is 0 Å². The summed E-state index contributed by atoms with van der Waals surface area (Å²) in [4.78, 5) is 11.8. The molecule has 0 aromatic rings. The zero-order valence-corrected chi connectivity index (χ0v) is 10.9. The predicted molar refractivity (Wildman–Crippen MR) is 67.1 cm³/mol. The minimum Gasteiger partial charge on any atom is -0.351 e. The molecule has 0 aromatic heterocycles. The quantitative estimate of drug-likeness (QED) is 0.729. The lowest BCUT2D eigenvalue weighted by molar-refractivity contribution is -0.124. The SMILES string of the molecule is CC(C)(CCN)CCC(=O)NC1(C)CCC1. The maximum Gasteiger partial charge on any atom is 0.220 e. The van der Waals surface area contributed by atoms with Gasteiger partial charge in [-0.2, -0.15) is 0 Å². The molecular weight excluding hydrogens is 200 g/mol. The second-order valence-electron chi connectivity index (χ2n) is 6.17. The summed E-state index contributed by atoms with van der Waals surface area (Å²) in [5, 5.41) is 3.14. The lowest BCUT2D eigenvalue weighted by Gasteiger charge is -2.39. The lowest BCUT2D eigenvalue weighted by atomic mass is 9.78. The molecule has 1 amide bonds. The van der Waals surface area contributed by atoms with Gasteiger partial charge >= 0.3 is 0 Å². The van der Waals surface area contributed by atoms with Gasteiger partial charge in [0.25, 0.3) is 0 Å². The Balaban J connectivity index is 2.24. The van der Waals surface area contributed by atoms with Crippen molar-refractivity contribution in [3.63, 3.8) is 0 Å². The topological polar surface area (TPSA) is 55.1 Å². The van der Waals surface area contributed by atoms with Gasteiger partial charge in [0.05, 0.1) is 0 Å². The molecule has 1 aliphatic carbocycles. The third-order valence-corrected chi connectivity index (χ3v) is 3.75. The first kappa shape index (κ1) is 13.5. The van der Waals surface area contributed by atoms with Gasteiger partial charge in [-0.3, -0.25) is 4.79 Å². The fourth-order valence-electron chi connectivity index (χ4n) is 2.20. The van der Waals surface area contributed by atoms with E-state index in [1.165, 1.54) is 6.42 Å². The van der Waals surface area contributed by atoms with Crippen molar-refractivity contribution in [2.75, 3.05) is 6.54 Å². The summed E-state index contributed by atoms with van der Waals surface area (Å²) in [7, 11) is 0. The number of nitrogens with one attached hydrogen (secondary N) is 1. The molecule has 94 valence electrons. The zero-order valence-electron chi connectivity index (χ0n) is 10.9. The minimum absolute atomic E-state index is 0.0924. The molecule has 0 bridgehead atoms. The average Bonchev–Trinajstić information content (AvgIpc) is 2.12. The monoisotopic (exact) mass is 226 g/mol. The van der Waals surface area contributed by atoms with Crippen LogP contribution in [0.4, 0.5) is 0 Å². The summed E-state index contributed by atoms with van der Waals surface area (Å²) in [6.45, 7) is 7.20. The Hall–Kier alpha value is -0.570. The molecule has 1 aliphatic rings. The van der Waals surface area contributed by atoms with Gasteiger partial charge in [0, 0.05) is 12.0 Å². The summed E-state index contributed by atoms with van der Waals surface area (Å²) in [6.07, 6.45) is 6.04.